The fourth-order valence-corrected chi connectivity index (χ4v) is 3.71. The van der Waals surface area contributed by atoms with Crippen LogP contribution in [0.4, 0.5) is 0 Å². The lowest BCUT2D eigenvalue weighted by Gasteiger charge is -2.34. The predicted molar refractivity (Wildman–Crippen MR) is 111 cm³/mol. The summed E-state index contributed by atoms with van der Waals surface area (Å²) in [6.07, 6.45) is 0. The Balaban J connectivity index is 1.62. The minimum Gasteiger partial charge on any atom is -0.348 e. The highest BCUT2D eigenvalue weighted by molar-refractivity contribution is 6.35. The van der Waals surface area contributed by atoms with Gasteiger partial charge < -0.3 is 10.2 Å². The standard InChI is InChI=1S/C21H25Cl2N3O/c1-2-25-9-11-26(12-10-25)15-17-6-4-3-5-16(17)14-24-21(27)19-13-18(22)7-8-20(19)23/h3-8,13H,2,9-12,14-15H2,1H3,(H,24,27). The molecule has 0 radical (unpaired) electrons. The second kappa shape index (κ2) is 9.56. The maximum Gasteiger partial charge on any atom is 0.253 e. The van der Waals surface area contributed by atoms with E-state index in [-0.39, 0.29) is 5.91 Å². The van der Waals surface area contributed by atoms with Gasteiger partial charge in [0, 0.05) is 44.3 Å². The Labute approximate surface area is 171 Å². The summed E-state index contributed by atoms with van der Waals surface area (Å²) in [5.41, 5.74) is 2.78. The van der Waals surface area contributed by atoms with Gasteiger partial charge in [-0.1, -0.05) is 54.4 Å². The van der Waals surface area contributed by atoms with Crippen molar-refractivity contribution >= 4 is 29.1 Å². The van der Waals surface area contributed by atoms with Gasteiger partial charge in [-0.05, 0) is 35.9 Å². The van der Waals surface area contributed by atoms with E-state index >= 15 is 0 Å². The van der Waals surface area contributed by atoms with Crippen LogP contribution < -0.4 is 5.32 Å². The minimum atomic E-state index is -0.214. The summed E-state index contributed by atoms with van der Waals surface area (Å²) in [4.78, 5) is 17.4. The molecule has 0 spiro atoms. The lowest BCUT2D eigenvalue weighted by molar-refractivity contribution is 0.0950. The molecule has 1 heterocycles. The Morgan fingerprint density at radius 2 is 1.67 bits per heavy atom. The fourth-order valence-electron chi connectivity index (χ4n) is 3.33. The van der Waals surface area contributed by atoms with Crippen molar-refractivity contribution in [3.8, 4) is 0 Å². The Morgan fingerprint density at radius 1 is 1.00 bits per heavy atom. The topological polar surface area (TPSA) is 35.6 Å². The lowest BCUT2D eigenvalue weighted by atomic mass is 10.1. The Hall–Kier alpha value is -1.59. The van der Waals surface area contributed by atoms with Gasteiger partial charge in [0.1, 0.15) is 0 Å². The van der Waals surface area contributed by atoms with E-state index in [0.29, 0.717) is 22.2 Å². The molecule has 0 unspecified atom stereocenters. The first-order valence-corrected chi connectivity index (χ1v) is 10.1. The second-order valence-electron chi connectivity index (χ2n) is 6.79. The van der Waals surface area contributed by atoms with Gasteiger partial charge in [0.05, 0.1) is 10.6 Å². The molecule has 0 aromatic heterocycles. The highest BCUT2D eigenvalue weighted by Crippen LogP contribution is 2.21. The molecule has 27 heavy (non-hydrogen) atoms. The number of halogens is 2. The van der Waals surface area contributed by atoms with Gasteiger partial charge in [-0.3, -0.25) is 9.69 Å². The van der Waals surface area contributed by atoms with E-state index in [4.69, 9.17) is 23.2 Å². The summed E-state index contributed by atoms with van der Waals surface area (Å²) >= 11 is 12.1. The van der Waals surface area contributed by atoms with Crippen molar-refractivity contribution in [1.82, 2.24) is 15.1 Å². The van der Waals surface area contributed by atoms with Crippen LogP contribution >= 0.6 is 23.2 Å². The first kappa shape index (κ1) is 20.2. The molecule has 6 heteroatoms. The number of benzene rings is 2. The van der Waals surface area contributed by atoms with Crippen LogP contribution in [0.3, 0.4) is 0 Å². The number of hydrogen-bond acceptors (Lipinski definition) is 3. The SMILES string of the molecule is CCN1CCN(Cc2ccccc2CNC(=O)c2cc(Cl)ccc2Cl)CC1. The molecule has 1 N–H and O–H groups in total. The molecule has 144 valence electrons. The summed E-state index contributed by atoms with van der Waals surface area (Å²) in [5.74, 6) is -0.214. The molecule has 1 saturated heterocycles. The first-order valence-electron chi connectivity index (χ1n) is 9.31. The number of carbonyl (C=O) groups excluding carboxylic acids is 1. The van der Waals surface area contributed by atoms with E-state index in [1.807, 2.05) is 6.07 Å². The molecular weight excluding hydrogens is 381 g/mol. The molecule has 0 bridgehead atoms. The predicted octanol–water partition coefficient (Wildman–Crippen LogP) is 4.06. The molecule has 3 rings (SSSR count). The molecule has 0 atom stereocenters. The largest absolute Gasteiger partial charge is 0.348 e. The summed E-state index contributed by atoms with van der Waals surface area (Å²) in [5, 5.41) is 3.87. The van der Waals surface area contributed by atoms with Gasteiger partial charge in [0.15, 0.2) is 0 Å². The Morgan fingerprint density at radius 3 is 2.37 bits per heavy atom. The number of likely N-dealkylation sites (N-methyl/N-ethyl adjacent to an activating group) is 1. The maximum atomic E-state index is 12.5. The molecule has 0 saturated carbocycles. The number of piperazine rings is 1. The Kier molecular flexibility index (Phi) is 7.13. The fraction of sp³-hybridized carbons (Fsp3) is 0.381. The zero-order valence-corrected chi connectivity index (χ0v) is 17.1. The third-order valence-corrected chi connectivity index (χ3v) is 5.60. The van der Waals surface area contributed by atoms with Gasteiger partial charge in [-0.15, -0.1) is 0 Å². The van der Waals surface area contributed by atoms with Crippen molar-refractivity contribution in [3.63, 3.8) is 0 Å². The van der Waals surface area contributed by atoms with Crippen molar-refractivity contribution in [2.24, 2.45) is 0 Å². The monoisotopic (exact) mass is 405 g/mol. The maximum absolute atomic E-state index is 12.5. The van der Waals surface area contributed by atoms with Crippen LogP contribution in [0.2, 0.25) is 10.0 Å². The van der Waals surface area contributed by atoms with Crippen LogP contribution in [-0.2, 0) is 13.1 Å². The van der Waals surface area contributed by atoms with E-state index in [2.05, 4.69) is 40.2 Å². The highest BCUT2D eigenvalue weighted by Gasteiger charge is 2.17. The van der Waals surface area contributed by atoms with Crippen molar-refractivity contribution in [1.29, 1.82) is 0 Å². The number of amides is 1. The second-order valence-corrected chi connectivity index (χ2v) is 7.63. The van der Waals surface area contributed by atoms with E-state index in [1.165, 1.54) is 5.56 Å². The van der Waals surface area contributed by atoms with Crippen LogP contribution in [0, 0.1) is 0 Å². The number of nitrogens with one attached hydrogen (secondary N) is 1. The Bertz CT molecular complexity index is 789. The molecule has 1 amide bonds. The molecule has 1 aliphatic heterocycles. The van der Waals surface area contributed by atoms with Crippen molar-refractivity contribution < 1.29 is 4.79 Å². The molecule has 2 aromatic carbocycles. The average molecular weight is 406 g/mol. The van der Waals surface area contributed by atoms with Crippen molar-refractivity contribution in [3.05, 3.63) is 69.2 Å². The summed E-state index contributed by atoms with van der Waals surface area (Å²) < 4.78 is 0. The number of nitrogens with zero attached hydrogens (tertiary/aromatic N) is 2. The van der Waals surface area contributed by atoms with Crippen LogP contribution in [0.15, 0.2) is 42.5 Å². The number of carbonyl (C=O) groups is 1. The quantitative estimate of drug-likeness (QED) is 0.786. The summed E-state index contributed by atoms with van der Waals surface area (Å²) in [6, 6.07) is 13.2. The highest BCUT2D eigenvalue weighted by atomic mass is 35.5. The van der Waals surface area contributed by atoms with Gasteiger partial charge in [0.25, 0.3) is 5.91 Å². The zero-order valence-electron chi connectivity index (χ0n) is 15.5. The van der Waals surface area contributed by atoms with E-state index in [0.717, 1.165) is 44.8 Å². The van der Waals surface area contributed by atoms with Gasteiger partial charge in [-0.2, -0.15) is 0 Å². The molecule has 4 nitrogen and oxygen atoms in total. The smallest absolute Gasteiger partial charge is 0.253 e. The van der Waals surface area contributed by atoms with Gasteiger partial charge in [0.2, 0.25) is 0 Å². The van der Waals surface area contributed by atoms with Gasteiger partial charge in [-0.25, -0.2) is 0 Å². The molecule has 1 aliphatic rings. The van der Waals surface area contributed by atoms with Crippen LogP contribution in [0.25, 0.3) is 0 Å². The van der Waals surface area contributed by atoms with Gasteiger partial charge >= 0.3 is 0 Å². The zero-order chi connectivity index (χ0) is 19.2. The molecule has 0 aliphatic carbocycles. The first-order chi connectivity index (χ1) is 13.1. The van der Waals surface area contributed by atoms with E-state index < -0.39 is 0 Å². The van der Waals surface area contributed by atoms with Crippen molar-refractivity contribution in [2.45, 2.75) is 20.0 Å². The number of hydrogen-bond donors (Lipinski definition) is 1. The number of rotatable bonds is 6. The lowest BCUT2D eigenvalue weighted by Crippen LogP contribution is -2.45. The van der Waals surface area contributed by atoms with Crippen LogP contribution in [0.5, 0.6) is 0 Å². The normalized spacial score (nSPS) is 15.7. The molecule has 2 aromatic rings. The molecule has 1 fully saturated rings. The third-order valence-electron chi connectivity index (χ3n) is 5.04. The molecular formula is C21H25Cl2N3O. The van der Waals surface area contributed by atoms with Crippen molar-refractivity contribution in [2.75, 3.05) is 32.7 Å². The third kappa shape index (κ3) is 5.45. The summed E-state index contributed by atoms with van der Waals surface area (Å²) in [6.45, 7) is 9.07. The average Bonchev–Trinajstić information content (AvgIpc) is 2.69. The van der Waals surface area contributed by atoms with Crippen LogP contribution in [0.1, 0.15) is 28.4 Å². The summed E-state index contributed by atoms with van der Waals surface area (Å²) in [7, 11) is 0. The minimum absolute atomic E-state index is 0.214. The van der Waals surface area contributed by atoms with E-state index in [9.17, 15) is 4.79 Å². The van der Waals surface area contributed by atoms with E-state index in [1.54, 1.807) is 18.2 Å². The van der Waals surface area contributed by atoms with Crippen LogP contribution in [-0.4, -0.2) is 48.4 Å².